The molecule has 21 heavy (non-hydrogen) atoms. The van der Waals surface area contributed by atoms with Gasteiger partial charge in [-0.05, 0) is 26.0 Å². The molecule has 1 heterocycles. The Morgan fingerprint density at radius 1 is 1.14 bits per heavy atom. The third kappa shape index (κ3) is 3.04. The lowest BCUT2D eigenvalue weighted by molar-refractivity contribution is 0.473. The average Bonchev–Trinajstić information content (AvgIpc) is 2.70. The van der Waals surface area contributed by atoms with Gasteiger partial charge in [-0.25, -0.2) is 4.98 Å². The van der Waals surface area contributed by atoms with E-state index in [-0.39, 0.29) is 11.5 Å². The van der Waals surface area contributed by atoms with Crippen LogP contribution >= 0.6 is 23.2 Å². The number of aromatic nitrogens is 2. The summed E-state index contributed by atoms with van der Waals surface area (Å²) in [5.74, 6) is 1.63. The Hall–Kier alpha value is -1.19. The molecule has 0 amide bonds. The summed E-state index contributed by atoms with van der Waals surface area (Å²) in [5.41, 5.74) is 7.89. The normalized spacial score (nSPS) is 12.2. The fraction of sp³-hybridized carbons (Fsp3) is 0.438. The van der Waals surface area contributed by atoms with Gasteiger partial charge in [0.05, 0.1) is 10.0 Å². The summed E-state index contributed by atoms with van der Waals surface area (Å²) in [6.07, 6.45) is 0. The van der Waals surface area contributed by atoms with E-state index in [1.807, 2.05) is 6.07 Å². The third-order valence-electron chi connectivity index (χ3n) is 3.33. The summed E-state index contributed by atoms with van der Waals surface area (Å²) in [6.45, 7) is 10.6. The van der Waals surface area contributed by atoms with E-state index in [0.29, 0.717) is 15.9 Å². The molecule has 114 valence electrons. The quantitative estimate of drug-likeness (QED) is 0.812. The standard InChI is InChI=1S/C16H21Cl2N3/c1-9(2)21-14(19)13(20-15(21)16(3,4)5)10-6-7-11(17)12(18)8-10/h6-9H,19H2,1-5H3. The van der Waals surface area contributed by atoms with Crippen molar-refractivity contribution >= 4 is 29.0 Å². The van der Waals surface area contributed by atoms with Crippen LogP contribution in [0.1, 0.15) is 46.5 Å². The summed E-state index contributed by atoms with van der Waals surface area (Å²) in [6, 6.07) is 5.70. The van der Waals surface area contributed by atoms with Crippen molar-refractivity contribution in [3.8, 4) is 11.3 Å². The molecule has 0 unspecified atom stereocenters. The predicted octanol–water partition coefficient (Wildman–Crippen LogP) is 5.32. The molecule has 2 rings (SSSR count). The van der Waals surface area contributed by atoms with Gasteiger partial charge in [0.2, 0.25) is 0 Å². The molecule has 0 aliphatic carbocycles. The van der Waals surface area contributed by atoms with Gasteiger partial charge in [-0.1, -0.05) is 50.0 Å². The van der Waals surface area contributed by atoms with Crippen LogP contribution in [0.4, 0.5) is 5.82 Å². The minimum absolute atomic E-state index is 0.0904. The van der Waals surface area contributed by atoms with Crippen LogP contribution in [-0.2, 0) is 5.41 Å². The molecule has 0 aliphatic heterocycles. The van der Waals surface area contributed by atoms with Crippen LogP contribution in [0.15, 0.2) is 18.2 Å². The van der Waals surface area contributed by atoms with Crippen molar-refractivity contribution in [3.05, 3.63) is 34.1 Å². The average molecular weight is 326 g/mol. The highest BCUT2D eigenvalue weighted by Gasteiger charge is 2.26. The van der Waals surface area contributed by atoms with Crippen molar-refractivity contribution in [2.24, 2.45) is 0 Å². The molecular formula is C16H21Cl2N3. The van der Waals surface area contributed by atoms with Crippen LogP contribution in [0.5, 0.6) is 0 Å². The Balaban J connectivity index is 2.68. The molecule has 1 aromatic carbocycles. The SMILES string of the molecule is CC(C)n1c(C(C)(C)C)nc(-c2ccc(Cl)c(Cl)c2)c1N. The third-order valence-corrected chi connectivity index (χ3v) is 4.07. The molecule has 0 bridgehead atoms. The van der Waals surface area contributed by atoms with Crippen LogP contribution in [0, 0.1) is 0 Å². The number of halogens is 2. The Morgan fingerprint density at radius 2 is 1.76 bits per heavy atom. The fourth-order valence-corrected chi connectivity index (χ4v) is 2.65. The van der Waals surface area contributed by atoms with Crippen molar-refractivity contribution in [2.75, 3.05) is 5.73 Å². The molecule has 0 atom stereocenters. The lowest BCUT2D eigenvalue weighted by Crippen LogP contribution is -2.21. The second-order valence-electron chi connectivity index (χ2n) is 6.51. The number of nitrogens with zero attached hydrogens (tertiary/aromatic N) is 2. The van der Waals surface area contributed by atoms with E-state index < -0.39 is 0 Å². The molecule has 0 saturated heterocycles. The maximum absolute atomic E-state index is 6.35. The number of anilines is 1. The predicted molar refractivity (Wildman–Crippen MR) is 91.2 cm³/mol. The highest BCUT2D eigenvalue weighted by Crippen LogP contribution is 2.36. The van der Waals surface area contributed by atoms with Crippen LogP contribution in [-0.4, -0.2) is 9.55 Å². The first kappa shape index (κ1) is 16.2. The molecular weight excluding hydrogens is 305 g/mol. The molecule has 2 N–H and O–H groups in total. The number of benzene rings is 1. The van der Waals surface area contributed by atoms with E-state index in [1.54, 1.807) is 12.1 Å². The van der Waals surface area contributed by atoms with Gasteiger partial charge in [0, 0.05) is 17.0 Å². The summed E-state index contributed by atoms with van der Waals surface area (Å²) < 4.78 is 2.08. The fourth-order valence-electron chi connectivity index (χ4n) is 2.35. The maximum Gasteiger partial charge on any atom is 0.131 e. The summed E-state index contributed by atoms with van der Waals surface area (Å²) in [7, 11) is 0. The van der Waals surface area contributed by atoms with Gasteiger partial charge in [-0.3, -0.25) is 0 Å². The first-order chi connectivity index (χ1) is 9.62. The minimum atomic E-state index is -0.0904. The number of hydrogen-bond donors (Lipinski definition) is 1. The van der Waals surface area contributed by atoms with Crippen LogP contribution in [0.25, 0.3) is 11.3 Å². The van der Waals surface area contributed by atoms with Gasteiger partial charge in [0.25, 0.3) is 0 Å². The van der Waals surface area contributed by atoms with E-state index in [0.717, 1.165) is 17.1 Å². The summed E-state index contributed by atoms with van der Waals surface area (Å²) in [4.78, 5) is 4.78. The highest BCUT2D eigenvalue weighted by atomic mass is 35.5. The topological polar surface area (TPSA) is 43.8 Å². The van der Waals surface area contributed by atoms with Crippen LogP contribution in [0.2, 0.25) is 10.0 Å². The van der Waals surface area contributed by atoms with E-state index in [2.05, 4.69) is 39.2 Å². The van der Waals surface area contributed by atoms with E-state index in [9.17, 15) is 0 Å². The summed E-state index contributed by atoms with van der Waals surface area (Å²) in [5, 5.41) is 1.03. The van der Waals surface area contributed by atoms with E-state index in [1.165, 1.54) is 0 Å². The number of nitrogens with two attached hydrogens (primary N) is 1. The number of imidazole rings is 1. The molecule has 1 aromatic heterocycles. The zero-order chi connectivity index (χ0) is 15.9. The maximum atomic E-state index is 6.35. The van der Waals surface area contributed by atoms with Crippen molar-refractivity contribution in [2.45, 2.75) is 46.1 Å². The largest absolute Gasteiger partial charge is 0.383 e. The first-order valence-electron chi connectivity index (χ1n) is 6.96. The van der Waals surface area contributed by atoms with E-state index in [4.69, 9.17) is 33.9 Å². The molecule has 5 heteroatoms. The minimum Gasteiger partial charge on any atom is -0.383 e. The van der Waals surface area contributed by atoms with Crippen molar-refractivity contribution in [1.29, 1.82) is 0 Å². The Bertz CT molecular complexity index is 667. The Kier molecular flexibility index (Phi) is 4.27. The van der Waals surface area contributed by atoms with Gasteiger partial charge in [0.1, 0.15) is 17.3 Å². The Morgan fingerprint density at radius 3 is 2.19 bits per heavy atom. The van der Waals surface area contributed by atoms with Crippen LogP contribution in [0.3, 0.4) is 0 Å². The zero-order valence-electron chi connectivity index (χ0n) is 13.0. The number of rotatable bonds is 2. The lowest BCUT2D eigenvalue weighted by Gasteiger charge is -2.22. The smallest absolute Gasteiger partial charge is 0.131 e. The van der Waals surface area contributed by atoms with Crippen molar-refractivity contribution < 1.29 is 0 Å². The molecule has 0 spiro atoms. The lowest BCUT2D eigenvalue weighted by atomic mass is 9.95. The van der Waals surface area contributed by atoms with Gasteiger partial charge < -0.3 is 10.3 Å². The van der Waals surface area contributed by atoms with E-state index >= 15 is 0 Å². The Labute approximate surface area is 136 Å². The van der Waals surface area contributed by atoms with Gasteiger partial charge in [0.15, 0.2) is 0 Å². The van der Waals surface area contributed by atoms with Gasteiger partial charge in [-0.15, -0.1) is 0 Å². The molecule has 0 radical (unpaired) electrons. The molecule has 2 aromatic rings. The second kappa shape index (κ2) is 5.54. The number of nitrogen functional groups attached to an aromatic ring is 1. The van der Waals surface area contributed by atoms with Crippen molar-refractivity contribution in [1.82, 2.24) is 9.55 Å². The molecule has 0 fully saturated rings. The van der Waals surface area contributed by atoms with Gasteiger partial charge in [-0.2, -0.15) is 0 Å². The summed E-state index contributed by atoms with van der Waals surface area (Å²) >= 11 is 12.1. The number of hydrogen-bond acceptors (Lipinski definition) is 2. The molecule has 0 saturated carbocycles. The van der Waals surface area contributed by atoms with Crippen molar-refractivity contribution in [3.63, 3.8) is 0 Å². The van der Waals surface area contributed by atoms with Gasteiger partial charge >= 0.3 is 0 Å². The molecule has 0 aliphatic rings. The monoisotopic (exact) mass is 325 g/mol. The molecule has 3 nitrogen and oxygen atoms in total. The zero-order valence-corrected chi connectivity index (χ0v) is 14.5. The second-order valence-corrected chi connectivity index (χ2v) is 7.33. The van der Waals surface area contributed by atoms with Crippen LogP contribution < -0.4 is 5.73 Å². The first-order valence-corrected chi connectivity index (χ1v) is 7.72. The highest BCUT2D eigenvalue weighted by molar-refractivity contribution is 6.42.